The molecule has 0 saturated carbocycles. The minimum absolute atomic E-state index is 0.00373. The second kappa shape index (κ2) is 8.90. The third-order valence-corrected chi connectivity index (χ3v) is 3.97. The summed E-state index contributed by atoms with van der Waals surface area (Å²) in [4.78, 5) is 13.6. The molecule has 0 aliphatic rings. The van der Waals surface area contributed by atoms with Gasteiger partial charge in [-0.05, 0) is 42.3 Å². The largest absolute Gasteiger partial charge is 0.435 e. The molecule has 0 saturated heterocycles. The van der Waals surface area contributed by atoms with Gasteiger partial charge in [0.15, 0.2) is 0 Å². The third-order valence-electron chi connectivity index (χ3n) is 3.97. The second-order valence-corrected chi connectivity index (χ2v) is 6.17. The van der Waals surface area contributed by atoms with E-state index in [2.05, 4.69) is 10.1 Å². The van der Waals surface area contributed by atoms with E-state index in [4.69, 9.17) is 0 Å². The van der Waals surface area contributed by atoms with Crippen molar-refractivity contribution in [2.75, 3.05) is 7.05 Å². The summed E-state index contributed by atoms with van der Waals surface area (Å²) in [5, 5.41) is 2.63. The lowest BCUT2D eigenvalue weighted by Crippen LogP contribution is -2.38. The van der Waals surface area contributed by atoms with Crippen molar-refractivity contribution >= 4 is 6.03 Å². The van der Waals surface area contributed by atoms with E-state index >= 15 is 0 Å². The van der Waals surface area contributed by atoms with Gasteiger partial charge in [0.05, 0.1) is 11.6 Å². The number of amides is 2. The van der Waals surface area contributed by atoms with Gasteiger partial charge in [-0.1, -0.05) is 24.3 Å². The number of urea groups is 1. The summed E-state index contributed by atoms with van der Waals surface area (Å²) >= 11 is 0. The smallest absolute Gasteiger partial charge is 0.416 e. The summed E-state index contributed by atoms with van der Waals surface area (Å²) in [6.07, 6.45) is -4.46. The molecule has 4 nitrogen and oxygen atoms in total. The first-order chi connectivity index (χ1) is 13.1. The summed E-state index contributed by atoms with van der Waals surface area (Å²) in [5.41, 5.74) is 0.210. The lowest BCUT2D eigenvalue weighted by molar-refractivity contribution is -0.137. The van der Waals surface area contributed by atoms with Gasteiger partial charge in [0.2, 0.25) is 0 Å². The van der Waals surface area contributed by atoms with Crippen LogP contribution in [0.5, 0.6) is 5.75 Å². The molecule has 0 fully saturated rings. The Hall–Kier alpha value is -2.84. The standard InChI is InChI=1S/C19H19F5N2O2/c1-12(14-4-3-5-15(10-14)19(22,23)24)25-18(27)26(2)11-13-6-8-16(9-7-13)28-17(20)21/h3-10,12,17H,11H2,1-2H3,(H,25,27). The van der Waals surface area contributed by atoms with Crippen molar-refractivity contribution in [1.82, 2.24) is 10.2 Å². The highest BCUT2D eigenvalue weighted by molar-refractivity contribution is 5.74. The van der Waals surface area contributed by atoms with Crippen LogP contribution in [0.15, 0.2) is 48.5 Å². The zero-order valence-corrected chi connectivity index (χ0v) is 15.1. The number of carbonyl (C=O) groups is 1. The topological polar surface area (TPSA) is 41.6 Å². The van der Waals surface area contributed by atoms with E-state index in [1.807, 2.05) is 0 Å². The van der Waals surface area contributed by atoms with E-state index in [0.29, 0.717) is 11.1 Å². The summed E-state index contributed by atoms with van der Waals surface area (Å²) in [5.74, 6) is 0.00373. The van der Waals surface area contributed by atoms with Crippen LogP contribution in [0.25, 0.3) is 0 Å². The first-order valence-electron chi connectivity index (χ1n) is 8.29. The first kappa shape index (κ1) is 21.5. The molecule has 9 heteroatoms. The molecular weight excluding hydrogens is 383 g/mol. The Kier molecular flexibility index (Phi) is 6.82. The summed E-state index contributed by atoms with van der Waals surface area (Å²) in [7, 11) is 1.51. The van der Waals surface area contributed by atoms with Crippen molar-refractivity contribution in [1.29, 1.82) is 0 Å². The molecule has 0 spiro atoms. The molecular formula is C19H19F5N2O2. The average Bonchev–Trinajstić information content (AvgIpc) is 2.62. The third kappa shape index (κ3) is 6.11. The molecule has 0 bridgehead atoms. The first-order valence-corrected chi connectivity index (χ1v) is 8.29. The van der Waals surface area contributed by atoms with Gasteiger partial charge in [-0.2, -0.15) is 22.0 Å². The van der Waals surface area contributed by atoms with Crippen molar-refractivity contribution in [2.24, 2.45) is 0 Å². The number of nitrogens with zero attached hydrogens (tertiary/aromatic N) is 1. The molecule has 1 atom stereocenters. The molecule has 0 heterocycles. The summed E-state index contributed by atoms with van der Waals surface area (Å²) in [6.45, 7) is -1.16. The fourth-order valence-electron chi connectivity index (χ4n) is 2.49. The SMILES string of the molecule is CC(NC(=O)N(C)Cc1ccc(OC(F)F)cc1)c1cccc(C(F)(F)F)c1. The monoisotopic (exact) mass is 402 g/mol. The van der Waals surface area contributed by atoms with Gasteiger partial charge in [-0.3, -0.25) is 0 Å². The van der Waals surface area contributed by atoms with Gasteiger partial charge in [-0.15, -0.1) is 0 Å². The predicted octanol–water partition coefficient (Wildman–Crippen LogP) is 5.21. The molecule has 2 aromatic carbocycles. The average molecular weight is 402 g/mol. The normalized spacial score (nSPS) is 12.6. The highest BCUT2D eigenvalue weighted by Gasteiger charge is 2.30. The predicted molar refractivity (Wildman–Crippen MR) is 92.9 cm³/mol. The summed E-state index contributed by atoms with van der Waals surface area (Å²) < 4.78 is 67.0. The fourth-order valence-corrected chi connectivity index (χ4v) is 2.49. The molecule has 0 radical (unpaired) electrons. The van der Waals surface area contributed by atoms with Crippen molar-refractivity contribution in [3.8, 4) is 5.75 Å². The van der Waals surface area contributed by atoms with Gasteiger partial charge >= 0.3 is 18.8 Å². The zero-order valence-electron chi connectivity index (χ0n) is 15.1. The fraction of sp³-hybridized carbons (Fsp3) is 0.316. The van der Waals surface area contributed by atoms with E-state index in [9.17, 15) is 26.7 Å². The Balaban J connectivity index is 1.96. The van der Waals surface area contributed by atoms with Crippen LogP contribution in [0.3, 0.4) is 0 Å². The Labute approximate surface area is 158 Å². The molecule has 0 aliphatic heterocycles. The van der Waals surface area contributed by atoms with Crippen LogP contribution in [0, 0.1) is 0 Å². The van der Waals surface area contributed by atoms with Gasteiger partial charge < -0.3 is 15.0 Å². The number of carbonyl (C=O) groups excluding carboxylic acids is 1. The number of ether oxygens (including phenoxy) is 1. The molecule has 1 N–H and O–H groups in total. The van der Waals surface area contributed by atoms with Crippen LogP contribution >= 0.6 is 0 Å². The van der Waals surface area contributed by atoms with E-state index in [1.54, 1.807) is 6.92 Å². The second-order valence-electron chi connectivity index (χ2n) is 6.17. The molecule has 2 rings (SSSR count). The molecule has 1 unspecified atom stereocenters. The number of hydrogen-bond donors (Lipinski definition) is 1. The number of nitrogens with one attached hydrogen (secondary N) is 1. The van der Waals surface area contributed by atoms with E-state index in [1.165, 1.54) is 48.3 Å². The van der Waals surface area contributed by atoms with Crippen LogP contribution in [0.4, 0.5) is 26.7 Å². The van der Waals surface area contributed by atoms with Gasteiger partial charge in [0, 0.05) is 13.6 Å². The van der Waals surface area contributed by atoms with Gasteiger partial charge in [0.25, 0.3) is 0 Å². The molecule has 2 aromatic rings. The summed E-state index contributed by atoms with van der Waals surface area (Å²) in [6, 6.07) is 9.41. The maximum atomic E-state index is 12.8. The van der Waals surface area contributed by atoms with Gasteiger partial charge in [0.1, 0.15) is 5.75 Å². The minimum Gasteiger partial charge on any atom is -0.435 e. The van der Waals surface area contributed by atoms with E-state index in [0.717, 1.165) is 12.1 Å². The highest BCUT2D eigenvalue weighted by Crippen LogP contribution is 2.30. The number of hydrogen-bond acceptors (Lipinski definition) is 2. The lowest BCUT2D eigenvalue weighted by Gasteiger charge is -2.22. The lowest BCUT2D eigenvalue weighted by atomic mass is 10.1. The molecule has 0 aliphatic carbocycles. The number of alkyl halides is 5. The Morgan fingerprint density at radius 1 is 1.14 bits per heavy atom. The number of halogens is 5. The minimum atomic E-state index is -4.46. The Morgan fingerprint density at radius 2 is 1.79 bits per heavy atom. The van der Waals surface area contributed by atoms with Crippen LogP contribution in [0.2, 0.25) is 0 Å². The van der Waals surface area contributed by atoms with Crippen LogP contribution < -0.4 is 10.1 Å². The zero-order chi connectivity index (χ0) is 20.9. The quantitative estimate of drug-likeness (QED) is 0.674. The van der Waals surface area contributed by atoms with E-state index < -0.39 is 30.4 Å². The number of rotatable bonds is 6. The Morgan fingerprint density at radius 3 is 2.36 bits per heavy atom. The Bertz CT molecular complexity index is 794. The molecule has 28 heavy (non-hydrogen) atoms. The maximum absolute atomic E-state index is 12.8. The molecule has 0 aromatic heterocycles. The van der Waals surface area contributed by atoms with Crippen molar-refractivity contribution in [2.45, 2.75) is 32.3 Å². The highest BCUT2D eigenvalue weighted by atomic mass is 19.4. The van der Waals surface area contributed by atoms with E-state index in [-0.39, 0.29) is 12.3 Å². The van der Waals surface area contributed by atoms with Gasteiger partial charge in [-0.25, -0.2) is 4.79 Å². The van der Waals surface area contributed by atoms with Crippen LogP contribution in [-0.4, -0.2) is 24.6 Å². The van der Waals surface area contributed by atoms with Crippen LogP contribution in [0.1, 0.15) is 29.7 Å². The van der Waals surface area contributed by atoms with Crippen LogP contribution in [-0.2, 0) is 12.7 Å². The molecule has 152 valence electrons. The van der Waals surface area contributed by atoms with Crippen molar-refractivity contribution < 1.29 is 31.5 Å². The number of benzene rings is 2. The molecule has 2 amide bonds. The maximum Gasteiger partial charge on any atom is 0.416 e. The van der Waals surface area contributed by atoms with Crippen molar-refractivity contribution in [3.05, 3.63) is 65.2 Å². The van der Waals surface area contributed by atoms with Crippen molar-refractivity contribution in [3.63, 3.8) is 0 Å².